The van der Waals surface area contributed by atoms with E-state index in [1.54, 1.807) is 12.5 Å². The molecule has 1 amide bonds. The zero-order valence-corrected chi connectivity index (χ0v) is 17.1. The quantitative estimate of drug-likeness (QED) is 0.670. The highest BCUT2D eigenvalue weighted by Gasteiger charge is 2.38. The Morgan fingerprint density at radius 3 is 2.82 bits per heavy atom. The van der Waals surface area contributed by atoms with Crippen LogP contribution in [0.5, 0.6) is 0 Å². The number of imidazole rings is 1. The molecule has 0 spiro atoms. The fourth-order valence-electron chi connectivity index (χ4n) is 3.88. The second-order valence-corrected chi connectivity index (χ2v) is 7.17. The Kier molecular flexibility index (Phi) is 8.27. The number of amides is 1. The maximum Gasteiger partial charge on any atom is 0.237 e. The van der Waals surface area contributed by atoms with E-state index in [4.69, 9.17) is 10.5 Å². The van der Waals surface area contributed by atoms with Gasteiger partial charge in [-0.1, -0.05) is 30.3 Å². The van der Waals surface area contributed by atoms with Crippen LogP contribution in [0.4, 0.5) is 0 Å². The first kappa shape index (κ1) is 22.6. The van der Waals surface area contributed by atoms with E-state index in [1.807, 2.05) is 18.2 Å². The van der Waals surface area contributed by atoms with Crippen LogP contribution < -0.4 is 11.1 Å². The van der Waals surface area contributed by atoms with Crippen molar-refractivity contribution in [1.82, 2.24) is 20.2 Å². The first-order chi connectivity index (χ1) is 12.7. The summed E-state index contributed by atoms with van der Waals surface area (Å²) in [6.45, 7) is 2.41. The van der Waals surface area contributed by atoms with Crippen molar-refractivity contribution in [3.05, 3.63) is 54.1 Å². The molecule has 0 unspecified atom stereocenters. The summed E-state index contributed by atoms with van der Waals surface area (Å²) in [5, 5.41) is 3.11. The van der Waals surface area contributed by atoms with E-state index in [0.29, 0.717) is 19.1 Å². The summed E-state index contributed by atoms with van der Waals surface area (Å²) in [4.78, 5) is 21.8. The Morgan fingerprint density at radius 2 is 2.11 bits per heavy atom. The van der Waals surface area contributed by atoms with Crippen LogP contribution in [0.1, 0.15) is 23.8 Å². The molecule has 0 saturated carbocycles. The average molecular weight is 428 g/mol. The topological polar surface area (TPSA) is 96.3 Å². The van der Waals surface area contributed by atoms with Gasteiger partial charge in [0.2, 0.25) is 5.91 Å². The van der Waals surface area contributed by atoms with E-state index in [-0.39, 0.29) is 42.9 Å². The van der Waals surface area contributed by atoms with Crippen LogP contribution in [0.15, 0.2) is 42.9 Å². The highest BCUT2D eigenvalue weighted by atomic mass is 35.5. The molecule has 3 heterocycles. The van der Waals surface area contributed by atoms with Gasteiger partial charge in [-0.15, -0.1) is 24.8 Å². The number of hydrogen-bond acceptors (Lipinski definition) is 5. The third-order valence-corrected chi connectivity index (χ3v) is 5.27. The zero-order chi connectivity index (χ0) is 17.9. The molecule has 2 aliphatic rings. The molecule has 2 fully saturated rings. The molecule has 2 aromatic rings. The van der Waals surface area contributed by atoms with E-state index in [0.717, 1.165) is 25.2 Å². The molecule has 4 atom stereocenters. The van der Waals surface area contributed by atoms with E-state index in [2.05, 4.69) is 32.3 Å². The summed E-state index contributed by atoms with van der Waals surface area (Å²) in [6, 6.07) is 10.2. The molecule has 4 rings (SSSR count). The Morgan fingerprint density at radius 1 is 1.32 bits per heavy atom. The highest BCUT2D eigenvalue weighted by molar-refractivity contribution is 5.85. The molecule has 0 bridgehead atoms. The van der Waals surface area contributed by atoms with Crippen molar-refractivity contribution in [2.24, 2.45) is 5.73 Å². The molecule has 9 heteroatoms. The number of H-pyrrole nitrogens is 1. The molecular formula is C19H27Cl2N5O2. The van der Waals surface area contributed by atoms with Crippen molar-refractivity contribution in [2.75, 3.05) is 19.7 Å². The van der Waals surface area contributed by atoms with Crippen molar-refractivity contribution in [3.8, 4) is 0 Å². The number of hydrogen-bond donors (Lipinski definition) is 3. The van der Waals surface area contributed by atoms with Crippen molar-refractivity contribution in [2.45, 2.75) is 37.1 Å². The summed E-state index contributed by atoms with van der Waals surface area (Å²) in [5.41, 5.74) is 8.11. The molecule has 4 N–H and O–H groups in total. The van der Waals surface area contributed by atoms with Gasteiger partial charge in [-0.25, -0.2) is 4.98 Å². The van der Waals surface area contributed by atoms with Crippen molar-refractivity contribution in [3.63, 3.8) is 0 Å². The predicted octanol–water partition coefficient (Wildman–Crippen LogP) is 1.45. The minimum Gasteiger partial charge on any atom is -0.371 e. The number of carbonyl (C=O) groups excluding carboxylic acids is 1. The van der Waals surface area contributed by atoms with Crippen LogP contribution in [0.2, 0.25) is 0 Å². The Balaban J connectivity index is 0.00000140. The largest absolute Gasteiger partial charge is 0.371 e. The fourth-order valence-corrected chi connectivity index (χ4v) is 3.88. The number of aromatic amines is 1. The van der Waals surface area contributed by atoms with E-state index in [9.17, 15) is 4.79 Å². The van der Waals surface area contributed by atoms with E-state index < -0.39 is 6.04 Å². The minimum absolute atomic E-state index is 0. The second-order valence-electron chi connectivity index (χ2n) is 7.17. The SMILES string of the molecule is Cl.Cl.N[C@@H](Cc1cnc[nH]1)C(=O)N[C@H]1C[C@H]2CO[C@@H](c3ccccc3)CN2C1. The summed E-state index contributed by atoms with van der Waals surface area (Å²) in [5.74, 6) is -0.107. The molecule has 154 valence electrons. The number of morpholine rings is 1. The monoisotopic (exact) mass is 427 g/mol. The van der Waals surface area contributed by atoms with Gasteiger partial charge in [0.05, 0.1) is 25.1 Å². The van der Waals surface area contributed by atoms with Gasteiger partial charge in [-0.2, -0.15) is 0 Å². The number of nitrogens with two attached hydrogens (primary N) is 1. The third kappa shape index (κ3) is 5.24. The number of halogens is 2. The van der Waals surface area contributed by atoms with Gasteiger partial charge in [0, 0.05) is 43.5 Å². The number of fused-ring (bicyclic) bond motifs is 1. The molecule has 0 aliphatic carbocycles. The van der Waals surface area contributed by atoms with Crippen LogP contribution in [0, 0.1) is 0 Å². The third-order valence-electron chi connectivity index (χ3n) is 5.27. The normalized spacial score (nSPS) is 25.1. The number of rotatable bonds is 5. The lowest BCUT2D eigenvalue weighted by Gasteiger charge is -2.35. The Labute approximate surface area is 177 Å². The summed E-state index contributed by atoms with van der Waals surface area (Å²) in [7, 11) is 0. The van der Waals surface area contributed by atoms with E-state index in [1.165, 1.54) is 5.56 Å². The van der Waals surface area contributed by atoms with Gasteiger partial charge >= 0.3 is 0 Å². The molecular weight excluding hydrogens is 401 g/mol. The second kappa shape index (κ2) is 10.2. The zero-order valence-electron chi connectivity index (χ0n) is 15.5. The Bertz CT molecular complexity index is 731. The molecule has 2 aliphatic heterocycles. The lowest BCUT2D eigenvalue weighted by molar-refractivity contribution is -0.123. The lowest BCUT2D eigenvalue weighted by atomic mass is 10.1. The van der Waals surface area contributed by atoms with Crippen molar-refractivity contribution in [1.29, 1.82) is 0 Å². The summed E-state index contributed by atoms with van der Waals surface area (Å²) < 4.78 is 6.06. The number of nitrogens with zero attached hydrogens (tertiary/aromatic N) is 2. The maximum atomic E-state index is 12.4. The summed E-state index contributed by atoms with van der Waals surface area (Å²) in [6.07, 6.45) is 4.77. The number of nitrogens with one attached hydrogen (secondary N) is 2. The van der Waals surface area contributed by atoms with Crippen molar-refractivity contribution >= 4 is 30.7 Å². The molecule has 1 aromatic carbocycles. The first-order valence-electron chi connectivity index (χ1n) is 9.13. The summed E-state index contributed by atoms with van der Waals surface area (Å²) >= 11 is 0. The molecule has 1 aromatic heterocycles. The smallest absolute Gasteiger partial charge is 0.237 e. The van der Waals surface area contributed by atoms with Gasteiger partial charge in [-0.05, 0) is 12.0 Å². The van der Waals surface area contributed by atoms with Gasteiger partial charge in [0.25, 0.3) is 0 Å². The van der Waals surface area contributed by atoms with Crippen molar-refractivity contribution < 1.29 is 9.53 Å². The van der Waals surface area contributed by atoms with Gasteiger partial charge in [0.1, 0.15) is 0 Å². The molecule has 2 saturated heterocycles. The van der Waals surface area contributed by atoms with Crippen LogP contribution in [0.3, 0.4) is 0 Å². The van der Waals surface area contributed by atoms with Crippen LogP contribution >= 0.6 is 24.8 Å². The molecule has 7 nitrogen and oxygen atoms in total. The number of carbonyl (C=O) groups is 1. The fraction of sp³-hybridized carbons (Fsp3) is 0.474. The first-order valence-corrected chi connectivity index (χ1v) is 9.13. The highest BCUT2D eigenvalue weighted by Crippen LogP contribution is 2.30. The number of ether oxygens (including phenoxy) is 1. The van der Waals surface area contributed by atoms with Gasteiger partial charge in [0.15, 0.2) is 0 Å². The molecule has 0 radical (unpaired) electrons. The van der Waals surface area contributed by atoms with Crippen LogP contribution in [-0.2, 0) is 16.0 Å². The van der Waals surface area contributed by atoms with E-state index >= 15 is 0 Å². The maximum absolute atomic E-state index is 12.4. The number of benzene rings is 1. The van der Waals surface area contributed by atoms with Crippen LogP contribution in [0.25, 0.3) is 0 Å². The Hall–Kier alpha value is -1.64. The standard InChI is InChI=1S/C19H25N5O2.2ClH/c20-17(7-14-8-21-12-22-14)19(25)23-15-6-16-11-26-18(10-24(16)9-15)13-4-2-1-3-5-13;;/h1-5,8,12,15-18H,6-7,9-11,20H2,(H,21,22)(H,23,25);2*1H/t15-,16-,17-,18+;;/m0../s1. The molecule has 28 heavy (non-hydrogen) atoms. The lowest BCUT2D eigenvalue weighted by Crippen LogP contribution is -2.47. The number of aromatic nitrogens is 2. The minimum atomic E-state index is -0.568. The van der Waals surface area contributed by atoms with Gasteiger partial charge in [-0.3, -0.25) is 9.69 Å². The predicted molar refractivity (Wildman–Crippen MR) is 112 cm³/mol. The van der Waals surface area contributed by atoms with Crippen LogP contribution in [-0.4, -0.2) is 58.6 Å². The van der Waals surface area contributed by atoms with Gasteiger partial charge < -0.3 is 20.8 Å². The average Bonchev–Trinajstić information content (AvgIpc) is 3.30.